The monoisotopic (exact) mass is 393 g/mol. The third kappa shape index (κ3) is 4.13. The molecule has 0 fully saturated rings. The molecule has 142 valence electrons. The fourth-order valence-electron chi connectivity index (χ4n) is 2.71. The summed E-state index contributed by atoms with van der Waals surface area (Å²) in [5.41, 5.74) is 2.95. The Kier molecular flexibility index (Phi) is 5.92. The van der Waals surface area contributed by atoms with Gasteiger partial charge in [-0.15, -0.1) is 11.3 Å². The second-order valence-electron chi connectivity index (χ2n) is 6.00. The maximum absolute atomic E-state index is 12.6. The van der Waals surface area contributed by atoms with E-state index < -0.39 is 0 Å². The molecule has 0 unspecified atom stereocenters. The molecule has 0 aliphatic rings. The molecule has 1 aromatic heterocycles. The highest BCUT2D eigenvalue weighted by Gasteiger charge is 2.17. The standard InChI is InChI=1S/C21H19N3O3S/c1-13-19(20(25)23-12-15-6-4-5-14(9-15)11-22)28-21(24-13)16-7-8-17(26-2)18(10-16)27-3/h4-10H,12H2,1-3H3,(H,23,25). The van der Waals surface area contributed by atoms with Crippen LogP contribution in [0, 0.1) is 18.3 Å². The predicted molar refractivity (Wildman–Crippen MR) is 108 cm³/mol. The van der Waals surface area contributed by atoms with Crippen LogP contribution in [0.15, 0.2) is 42.5 Å². The van der Waals surface area contributed by atoms with Crippen molar-refractivity contribution in [3.8, 4) is 28.1 Å². The Labute approximate surface area is 167 Å². The molecule has 0 bridgehead atoms. The Morgan fingerprint density at radius 2 is 1.96 bits per heavy atom. The average Bonchev–Trinajstić information content (AvgIpc) is 3.13. The van der Waals surface area contributed by atoms with Crippen LogP contribution in [0.3, 0.4) is 0 Å². The number of methoxy groups -OCH3 is 2. The molecule has 6 nitrogen and oxygen atoms in total. The van der Waals surface area contributed by atoms with Gasteiger partial charge in [-0.3, -0.25) is 4.79 Å². The molecule has 0 saturated carbocycles. The van der Waals surface area contributed by atoms with Crippen LogP contribution < -0.4 is 14.8 Å². The van der Waals surface area contributed by atoms with E-state index in [9.17, 15) is 4.79 Å². The number of carbonyl (C=O) groups is 1. The van der Waals surface area contributed by atoms with E-state index in [1.165, 1.54) is 11.3 Å². The number of hydrogen-bond acceptors (Lipinski definition) is 6. The Balaban J connectivity index is 1.78. The van der Waals surface area contributed by atoms with Gasteiger partial charge in [0, 0.05) is 12.1 Å². The summed E-state index contributed by atoms with van der Waals surface area (Å²) in [5, 5.41) is 12.6. The summed E-state index contributed by atoms with van der Waals surface area (Å²) in [6.07, 6.45) is 0. The normalized spacial score (nSPS) is 10.2. The lowest BCUT2D eigenvalue weighted by atomic mass is 10.1. The fourth-order valence-corrected chi connectivity index (χ4v) is 3.69. The van der Waals surface area contributed by atoms with Crippen LogP contribution in [0.1, 0.15) is 26.5 Å². The van der Waals surface area contributed by atoms with Crippen molar-refractivity contribution in [3.63, 3.8) is 0 Å². The van der Waals surface area contributed by atoms with Gasteiger partial charge in [0.2, 0.25) is 0 Å². The number of aryl methyl sites for hydroxylation is 1. The molecule has 0 spiro atoms. The van der Waals surface area contributed by atoms with Crippen molar-refractivity contribution in [1.82, 2.24) is 10.3 Å². The quantitative estimate of drug-likeness (QED) is 0.686. The molecule has 0 radical (unpaired) electrons. The topological polar surface area (TPSA) is 84.2 Å². The van der Waals surface area contributed by atoms with Gasteiger partial charge in [0.05, 0.1) is 31.5 Å². The smallest absolute Gasteiger partial charge is 0.263 e. The number of amides is 1. The minimum absolute atomic E-state index is 0.191. The molecule has 1 heterocycles. The van der Waals surface area contributed by atoms with Crippen LogP contribution in [0.2, 0.25) is 0 Å². The highest BCUT2D eigenvalue weighted by molar-refractivity contribution is 7.17. The van der Waals surface area contributed by atoms with Gasteiger partial charge < -0.3 is 14.8 Å². The van der Waals surface area contributed by atoms with Crippen molar-refractivity contribution in [1.29, 1.82) is 5.26 Å². The summed E-state index contributed by atoms with van der Waals surface area (Å²) in [6, 6.07) is 14.8. The third-order valence-electron chi connectivity index (χ3n) is 4.14. The number of carbonyl (C=O) groups excluding carboxylic acids is 1. The number of nitrogens with one attached hydrogen (secondary N) is 1. The first-order valence-electron chi connectivity index (χ1n) is 8.52. The van der Waals surface area contributed by atoms with Gasteiger partial charge in [-0.05, 0) is 42.8 Å². The van der Waals surface area contributed by atoms with Crippen LogP contribution >= 0.6 is 11.3 Å². The minimum atomic E-state index is -0.191. The lowest BCUT2D eigenvalue weighted by molar-refractivity contribution is 0.0954. The second-order valence-corrected chi connectivity index (χ2v) is 7.00. The van der Waals surface area contributed by atoms with Crippen molar-refractivity contribution < 1.29 is 14.3 Å². The first-order valence-corrected chi connectivity index (χ1v) is 9.34. The van der Waals surface area contributed by atoms with E-state index in [0.717, 1.165) is 16.1 Å². The maximum atomic E-state index is 12.6. The van der Waals surface area contributed by atoms with Gasteiger partial charge in [-0.25, -0.2) is 4.98 Å². The SMILES string of the molecule is COc1ccc(-c2nc(C)c(C(=O)NCc3cccc(C#N)c3)s2)cc1OC. The van der Waals surface area contributed by atoms with E-state index >= 15 is 0 Å². The van der Waals surface area contributed by atoms with Gasteiger partial charge in [0.15, 0.2) is 11.5 Å². The largest absolute Gasteiger partial charge is 0.493 e. The van der Waals surface area contributed by atoms with Crippen LogP contribution in [-0.2, 0) is 6.54 Å². The zero-order valence-electron chi connectivity index (χ0n) is 15.8. The number of thiazole rings is 1. The molecule has 0 atom stereocenters. The highest BCUT2D eigenvalue weighted by Crippen LogP contribution is 2.34. The molecule has 28 heavy (non-hydrogen) atoms. The summed E-state index contributed by atoms with van der Waals surface area (Å²) in [6.45, 7) is 2.16. The van der Waals surface area contributed by atoms with Gasteiger partial charge in [-0.1, -0.05) is 12.1 Å². The van der Waals surface area contributed by atoms with Crippen LogP contribution in [0.25, 0.3) is 10.6 Å². The van der Waals surface area contributed by atoms with Gasteiger partial charge in [-0.2, -0.15) is 5.26 Å². The van der Waals surface area contributed by atoms with E-state index in [4.69, 9.17) is 14.7 Å². The third-order valence-corrected chi connectivity index (χ3v) is 5.35. The molecule has 1 N–H and O–H groups in total. The number of rotatable bonds is 6. The van der Waals surface area contributed by atoms with Crippen LogP contribution in [0.5, 0.6) is 11.5 Å². The molecule has 1 amide bonds. The fraction of sp³-hybridized carbons (Fsp3) is 0.190. The Morgan fingerprint density at radius 1 is 1.18 bits per heavy atom. The lowest BCUT2D eigenvalue weighted by Gasteiger charge is -2.08. The van der Waals surface area contributed by atoms with Crippen molar-refractivity contribution in [2.24, 2.45) is 0 Å². The number of ether oxygens (including phenoxy) is 2. The zero-order valence-corrected chi connectivity index (χ0v) is 16.6. The predicted octanol–water partition coefficient (Wildman–Crippen LogP) is 3.94. The highest BCUT2D eigenvalue weighted by atomic mass is 32.1. The van der Waals surface area contributed by atoms with E-state index in [0.29, 0.717) is 34.2 Å². The molecule has 2 aromatic carbocycles. The summed E-state index contributed by atoms with van der Waals surface area (Å²) in [7, 11) is 3.16. The maximum Gasteiger partial charge on any atom is 0.263 e. The molecule has 0 aliphatic carbocycles. The zero-order chi connectivity index (χ0) is 20.1. The first kappa shape index (κ1) is 19.4. The van der Waals surface area contributed by atoms with Gasteiger partial charge in [0.1, 0.15) is 9.88 Å². The van der Waals surface area contributed by atoms with Gasteiger partial charge >= 0.3 is 0 Å². The number of benzene rings is 2. The summed E-state index contributed by atoms with van der Waals surface area (Å²) in [4.78, 5) is 17.7. The minimum Gasteiger partial charge on any atom is -0.493 e. The molecule has 3 aromatic rings. The molecular formula is C21H19N3O3S. The van der Waals surface area contributed by atoms with Crippen molar-refractivity contribution >= 4 is 17.2 Å². The number of nitriles is 1. The first-order chi connectivity index (χ1) is 13.5. The number of aromatic nitrogens is 1. The summed E-state index contributed by atoms with van der Waals surface area (Å²) >= 11 is 1.32. The van der Waals surface area contributed by atoms with Crippen LogP contribution in [0.4, 0.5) is 0 Å². The molecule has 0 saturated heterocycles. The summed E-state index contributed by atoms with van der Waals surface area (Å²) in [5.74, 6) is 1.05. The van der Waals surface area contributed by atoms with Crippen molar-refractivity contribution in [3.05, 3.63) is 64.2 Å². The molecule has 0 aliphatic heterocycles. The van der Waals surface area contributed by atoms with Crippen LogP contribution in [-0.4, -0.2) is 25.1 Å². The Hall–Kier alpha value is -3.37. The molecule has 3 rings (SSSR count). The number of hydrogen-bond donors (Lipinski definition) is 1. The Morgan fingerprint density at radius 3 is 2.68 bits per heavy atom. The summed E-state index contributed by atoms with van der Waals surface area (Å²) < 4.78 is 10.6. The Bertz CT molecular complexity index is 1050. The van der Waals surface area contributed by atoms with E-state index in [1.807, 2.05) is 31.2 Å². The van der Waals surface area contributed by atoms with Gasteiger partial charge in [0.25, 0.3) is 5.91 Å². The second kappa shape index (κ2) is 8.55. The van der Waals surface area contributed by atoms with E-state index in [1.54, 1.807) is 32.4 Å². The molecule has 7 heteroatoms. The van der Waals surface area contributed by atoms with E-state index in [2.05, 4.69) is 16.4 Å². The van der Waals surface area contributed by atoms with E-state index in [-0.39, 0.29) is 5.91 Å². The molecular weight excluding hydrogens is 374 g/mol. The lowest BCUT2D eigenvalue weighted by Crippen LogP contribution is -2.22. The average molecular weight is 393 g/mol. The number of nitrogens with zero attached hydrogens (tertiary/aromatic N) is 2. The van der Waals surface area contributed by atoms with Crippen molar-refractivity contribution in [2.75, 3.05) is 14.2 Å². The van der Waals surface area contributed by atoms with Crippen molar-refractivity contribution in [2.45, 2.75) is 13.5 Å².